The van der Waals surface area contributed by atoms with E-state index < -0.39 is 5.97 Å². The van der Waals surface area contributed by atoms with Crippen LogP contribution in [0.25, 0.3) is 10.6 Å². The van der Waals surface area contributed by atoms with Gasteiger partial charge in [-0.15, -0.1) is 11.3 Å². The minimum Gasteiger partial charge on any atom is -0.493 e. The molecule has 1 aromatic heterocycles. The lowest BCUT2D eigenvalue weighted by molar-refractivity contribution is -0.137. The number of carboxylic acids is 1. The lowest BCUT2D eigenvalue weighted by atomic mass is 10.2. The van der Waals surface area contributed by atoms with Crippen LogP contribution < -0.4 is 14.8 Å². The molecule has 134 valence electrons. The van der Waals surface area contributed by atoms with E-state index in [1.54, 1.807) is 20.3 Å². The summed E-state index contributed by atoms with van der Waals surface area (Å²) in [6.45, 7) is 0.339. The second-order valence-corrected chi connectivity index (χ2v) is 6.07. The van der Waals surface area contributed by atoms with Gasteiger partial charge in [0, 0.05) is 18.3 Å². The number of aliphatic carboxylic acids is 1. The molecule has 1 aromatic carbocycles. The third-order valence-corrected chi connectivity index (χ3v) is 4.34. The Bertz CT molecular complexity index is 744. The normalized spacial score (nSPS) is 10.3. The Hall–Kier alpha value is -2.61. The second-order valence-electron chi connectivity index (χ2n) is 5.21. The Balaban J connectivity index is 2.01. The van der Waals surface area contributed by atoms with E-state index in [9.17, 15) is 9.59 Å². The van der Waals surface area contributed by atoms with Crippen LogP contribution in [0.1, 0.15) is 18.5 Å². The SMILES string of the molecule is COc1cccc(-c2nc(CC(=O)NCCCC(=O)O)cs2)c1OC. The summed E-state index contributed by atoms with van der Waals surface area (Å²) in [5, 5.41) is 13.8. The van der Waals surface area contributed by atoms with Crippen LogP contribution in [0.3, 0.4) is 0 Å². The fourth-order valence-electron chi connectivity index (χ4n) is 2.26. The van der Waals surface area contributed by atoms with E-state index in [1.165, 1.54) is 11.3 Å². The largest absolute Gasteiger partial charge is 0.493 e. The van der Waals surface area contributed by atoms with Gasteiger partial charge in [-0.05, 0) is 18.6 Å². The number of thiazole rings is 1. The molecule has 0 fully saturated rings. The molecule has 2 aromatic rings. The molecule has 0 unspecified atom stereocenters. The molecule has 0 aliphatic carbocycles. The van der Waals surface area contributed by atoms with Gasteiger partial charge >= 0.3 is 5.97 Å². The molecule has 1 heterocycles. The fraction of sp³-hybridized carbons (Fsp3) is 0.353. The predicted molar refractivity (Wildman–Crippen MR) is 94.2 cm³/mol. The highest BCUT2D eigenvalue weighted by molar-refractivity contribution is 7.13. The first kappa shape index (κ1) is 18.7. The molecule has 0 atom stereocenters. The Morgan fingerprint density at radius 2 is 2.08 bits per heavy atom. The van der Waals surface area contributed by atoms with Crippen molar-refractivity contribution in [2.75, 3.05) is 20.8 Å². The van der Waals surface area contributed by atoms with Crippen molar-refractivity contribution in [1.82, 2.24) is 10.3 Å². The zero-order chi connectivity index (χ0) is 18.2. The summed E-state index contributed by atoms with van der Waals surface area (Å²) in [5.74, 6) is 0.169. The average molecular weight is 364 g/mol. The van der Waals surface area contributed by atoms with Gasteiger partial charge in [0.15, 0.2) is 11.5 Å². The molecular weight excluding hydrogens is 344 g/mol. The Labute approximate surface area is 149 Å². The van der Waals surface area contributed by atoms with Crippen LogP contribution in [0.2, 0.25) is 0 Å². The molecule has 2 rings (SSSR count). The number of methoxy groups -OCH3 is 2. The van der Waals surface area contributed by atoms with Gasteiger partial charge in [0.1, 0.15) is 5.01 Å². The molecule has 0 aliphatic heterocycles. The van der Waals surface area contributed by atoms with Crippen molar-refractivity contribution in [1.29, 1.82) is 0 Å². The molecule has 0 saturated carbocycles. The highest BCUT2D eigenvalue weighted by atomic mass is 32.1. The number of ether oxygens (including phenoxy) is 2. The molecule has 7 nitrogen and oxygen atoms in total. The predicted octanol–water partition coefficient (Wildman–Crippen LogP) is 2.35. The van der Waals surface area contributed by atoms with E-state index in [-0.39, 0.29) is 18.7 Å². The first-order chi connectivity index (χ1) is 12.0. The molecule has 2 N–H and O–H groups in total. The standard InChI is InChI=1S/C17H20N2O5S/c1-23-13-6-3-5-12(16(13)24-2)17-19-11(10-25-17)9-14(20)18-8-4-7-15(21)22/h3,5-6,10H,4,7-9H2,1-2H3,(H,18,20)(H,21,22). The van der Waals surface area contributed by atoms with E-state index in [2.05, 4.69) is 10.3 Å². The summed E-state index contributed by atoms with van der Waals surface area (Å²) in [4.78, 5) is 26.8. The molecule has 0 spiro atoms. The van der Waals surface area contributed by atoms with Crippen LogP contribution in [0.15, 0.2) is 23.6 Å². The van der Waals surface area contributed by atoms with Gasteiger partial charge < -0.3 is 19.9 Å². The van der Waals surface area contributed by atoms with E-state index >= 15 is 0 Å². The number of amides is 1. The number of aromatic nitrogens is 1. The maximum absolute atomic E-state index is 11.9. The third kappa shape index (κ3) is 5.18. The van der Waals surface area contributed by atoms with Crippen molar-refractivity contribution in [3.63, 3.8) is 0 Å². The Morgan fingerprint density at radius 3 is 2.76 bits per heavy atom. The average Bonchev–Trinajstić information content (AvgIpc) is 3.05. The second kappa shape index (κ2) is 9.03. The number of hydrogen-bond acceptors (Lipinski definition) is 6. The van der Waals surface area contributed by atoms with Gasteiger partial charge in [0.2, 0.25) is 5.91 Å². The number of carbonyl (C=O) groups is 2. The van der Waals surface area contributed by atoms with Crippen molar-refractivity contribution < 1.29 is 24.2 Å². The van der Waals surface area contributed by atoms with Crippen LogP contribution in [-0.4, -0.2) is 42.7 Å². The number of benzene rings is 1. The van der Waals surface area contributed by atoms with Crippen LogP contribution in [0, 0.1) is 0 Å². The summed E-state index contributed by atoms with van der Waals surface area (Å²) in [7, 11) is 3.14. The van der Waals surface area contributed by atoms with E-state index in [0.29, 0.717) is 30.2 Å². The zero-order valence-corrected chi connectivity index (χ0v) is 14.9. The first-order valence-corrected chi connectivity index (χ1v) is 8.57. The third-order valence-electron chi connectivity index (χ3n) is 3.42. The van der Waals surface area contributed by atoms with E-state index in [0.717, 1.165) is 10.6 Å². The number of carboxylic acid groups (broad SMARTS) is 1. The van der Waals surface area contributed by atoms with Gasteiger partial charge in [-0.25, -0.2) is 4.98 Å². The highest BCUT2D eigenvalue weighted by Crippen LogP contribution is 2.38. The van der Waals surface area contributed by atoms with E-state index in [4.69, 9.17) is 14.6 Å². The highest BCUT2D eigenvalue weighted by Gasteiger charge is 2.15. The number of rotatable bonds is 9. The van der Waals surface area contributed by atoms with Gasteiger partial charge in [0.05, 0.1) is 31.9 Å². The lowest BCUT2D eigenvalue weighted by Gasteiger charge is -2.10. The summed E-state index contributed by atoms with van der Waals surface area (Å²) >= 11 is 1.42. The Morgan fingerprint density at radius 1 is 1.28 bits per heavy atom. The molecule has 8 heteroatoms. The lowest BCUT2D eigenvalue weighted by Crippen LogP contribution is -2.26. The maximum Gasteiger partial charge on any atom is 0.303 e. The van der Waals surface area contributed by atoms with Crippen molar-refractivity contribution >= 4 is 23.2 Å². The summed E-state index contributed by atoms with van der Waals surface area (Å²) in [6.07, 6.45) is 0.594. The molecule has 0 bridgehead atoms. The number of nitrogens with zero attached hydrogens (tertiary/aromatic N) is 1. The number of nitrogens with one attached hydrogen (secondary N) is 1. The topological polar surface area (TPSA) is 97.8 Å². The number of para-hydroxylation sites is 1. The van der Waals surface area contributed by atoms with E-state index in [1.807, 2.05) is 17.5 Å². The monoisotopic (exact) mass is 364 g/mol. The molecule has 0 radical (unpaired) electrons. The van der Waals surface area contributed by atoms with Crippen molar-refractivity contribution in [2.24, 2.45) is 0 Å². The van der Waals surface area contributed by atoms with Crippen molar-refractivity contribution in [3.05, 3.63) is 29.3 Å². The Kier molecular flexibility index (Phi) is 6.76. The van der Waals surface area contributed by atoms with Crippen LogP contribution in [-0.2, 0) is 16.0 Å². The minimum atomic E-state index is -0.870. The van der Waals surface area contributed by atoms with Crippen LogP contribution in [0.4, 0.5) is 0 Å². The summed E-state index contributed by atoms with van der Waals surface area (Å²) < 4.78 is 10.7. The molecule has 0 aliphatic rings. The van der Waals surface area contributed by atoms with Crippen molar-refractivity contribution in [2.45, 2.75) is 19.3 Å². The summed E-state index contributed by atoms with van der Waals surface area (Å²) in [6, 6.07) is 5.55. The molecular formula is C17H20N2O5S. The zero-order valence-electron chi connectivity index (χ0n) is 14.1. The van der Waals surface area contributed by atoms with Gasteiger partial charge in [-0.1, -0.05) is 6.07 Å². The molecule has 1 amide bonds. The minimum absolute atomic E-state index is 0.0385. The van der Waals surface area contributed by atoms with Crippen LogP contribution >= 0.6 is 11.3 Å². The van der Waals surface area contributed by atoms with Gasteiger partial charge in [-0.3, -0.25) is 9.59 Å². The smallest absolute Gasteiger partial charge is 0.303 e. The molecule has 0 saturated heterocycles. The number of hydrogen-bond donors (Lipinski definition) is 2. The number of carbonyl (C=O) groups excluding carboxylic acids is 1. The summed E-state index contributed by atoms with van der Waals surface area (Å²) in [5.41, 5.74) is 1.46. The van der Waals surface area contributed by atoms with Crippen molar-refractivity contribution in [3.8, 4) is 22.1 Å². The molecule has 25 heavy (non-hydrogen) atoms. The van der Waals surface area contributed by atoms with Crippen LogP contribution in [0.5, 0.6) is 11.5 Å². The van der Waals surface area contributed by atoms with Gasteiger partial charge in [0.25, 0.3) is 0 Å². The fourth-order valence-corrected chi connectivity index (χ4v) is 3.10. The van der Waals surface area contributed by atoms with Gasteiger partial charge in [-0.2, -0.15) is 0 Å². The first-order valence-electron chi connectivity index (χ1n) is 7.69. The maximum atomic E-state index is 11.9. The quantitative estimate of drug-likeness (QED) is 0.663.